The number of aliphatic hydroxyl groups is 1. The van der Waals surface area contributed by atoms with Crippen LogP contribution in [0.15, 0.2) is 118 Å². The Kier molecular flexibility index (Phi) is 12.5. The van der Waals surface area contributed by atoms with Gasteiger partial charge < -0.3 is 14.6 Å². The normalized spacial score (nSPS) is 16.9. The van der Waals surface area contributed by atoms with E-state index in [1.165, 1.54) is 12.1 Å². The Bertz CT molecular complexity index is 1960. The van der Waals surface area contributed by atoms with Crippen molar-refractivity contribution in [2.45, 2.75) is 42.3 Å². The number of aliphatic imine (C=N–C) groups is 1. The number of sulfone groups is 1. The second-order valence-electron chi connectivity index (χ2n) is 11.5. The lowest BCUT2D eigenvalue weighted by molar-refractivity contribution is -0.130. The zero-order chi connectivity index (χ0) is 35.4. The minimum atomic E-state index is -3.85. The minimum absolute atomic E-state index is 0.00483. The number of benzene rings is 4. The number of aliphatic hydroxyl groups excluding tert-OH is 1. The summed E-state index contributed by atoms with van der Waals surface area (Å²) in [7, 11) is -3.85. The summed E-state index contributed by atoms with van der Waals surface area (Å²) >= 11 is 6.14. The van der Waals surface area contributed by atoms with E-state index in [1.54, 1.807) is 72.8 Å². The molecule has 0 spiro atoms. The molecule has 2 atom stereocenters. The smallest absolute Gasteiger partial charge is 0.266 e. The van der Waals surface area contributed by atoms with Gasteiger partial charge in [0.1, 0.15) is 5.75 Å². The van der Waals surface area contributed by atoms with Crippen molar-refractivity contribution in [1.82, 2.24) is 10.9 Å². The average Bonchev–Trinajstić information content (AvgIpc) is 3.53. The van der Waals surface area contributed by atoms with E-state index in [1.807, 2.05) is 18.2 Å². The Morgan fingerprint density at radius 3 is 2.54 bits per heavy atom. The van der Waals surface area contributed by atoms with E-state index in [9.17, 15) is 13.2 Å². The molecule has 1 heterocycles. The summed E-state index contributed by atoms with van der Waals surface area (Å²) in [5.41, 5.74) is 15.7. The Morgan fingerprint density at radius 1 is 1.04 bits per heavy atom. The number of carbonyl (C=O) groups excluding carboxylic acids is 1. The highest BCUT2D eigenvalue weighted by atomic mass is 35.5. The number of rotatable bonds is 17. The molecule has 5 rings (SSSR count). The lowest BCUT2D eigenvalue weighted by Gasteiger charge is -2.31. The number of nitrogens with zero attached hydrogens (tertiary/aromatic N) is 4. The fourth-order valence-electron chi connectivity index (χ4n) is 5.58. The van der Waals surface area contributed by atoms with Crippen LogP contribution in [-0.2, 0) is 32.3 Å². The molecule has 1 aliphatic rings. The number of carbonyl (C=O) groups is 1. The van der Waals surface area contributed by atoms with Gasteiger partial charge in [0.25, 0.3) is 5.91 Å². The van der Waals surface area contributed by atoms with E-state index >= 15 is 0 Å². The molecule has 1 aliphatic heterocycles. The van der Waals surface area contributed by atoms with Crippen LogP contribution in [0.2, 0.25) is 5.02 Å². The van der Waals surface area contributed by atoms with Crippen molar-refractivity contribution in [3.8, 4) is 5.75 Å². The Hall–Kier alpha value is -4.91. The highest BCUT2D eigenvalue weighted by Crippen LogP contribution is 2.44. The molecule has 0 aromatic heterocycles. The summed E-state index contributed by atoms with van der Waals surface area (Å²) < 4.78 is 39.4. The van der Waals surface area contributed by atoms with Crippen LogP contribution in [0.1, 0.15) is 41.2 Å². The first kappa shape index (κ1) is 36.4. The van der Waals surface area contributed by atoms with Crippen LogP contribution in [-0.4, -0.2) is 56.4 Å². The van der Waals surface area contributed by atoms with Gasteiger partial charge in [-0.25, -0.2) is 18.8 Å². The summed E-state index contributed by atoms with van der Waals surface area (Å²) in [5.74, 6) is -0.324. The van der Waals surface area contributed by atoms with Gasteiger partial charge in [-0.2, -0.15) is 0 Å². The predicted octanol–water partition coefficient (Wildman–Crippen LogP) is 5.90. The van der Waals surface area contributed by atoms with Crippen molar-refractivity contribution < 1.29 is 27.8 Å². The van der Waals surface area contributed by atoms with Gasteiger partial charge in [-0.3, -0.25) is 10.2 Å². The molecule has 0 radical (unpaired) electrons. The van der Waals surface area contributed by atoms with E-state index in [0.29, 0.717) is 53.5 Å². The molecule has 0 saturated carbocycles. The number of ether oxygens (including phenoxy) is 2. The number of halogens is 1. The van der Waals surface area contributed by atoms with Crippen LogP contribution >= 0.6 is 11.6 Å². The van der Waals surface area contributed by atoms with Gasteiger partial charge in [-0.1, -0.05) is 71.3 Å². The average molecular weight is 717 g/mol. The van der Waals surface area contributed by atoms with Gasteiger partial charge in [0, 0.05) is 41.5 Å². The maximum atomic E-state index is 14.5. The molecule has 0 unspecified atom stereocenters. The third kappa shape index (κ3) is 9.00. The van der Waals surface area contributed by atoms with E-state index in [4.69, 9.17) is 36.7 Å². The maximum Gasteiger partial charge on any atom is 0.266 e. The van der Waals surface area contributed by atoms with Gasteiger partial charge in [0.05, 0.1) is 23.8 Å². The summed E-state index contributed by atoms with van der Waals surface area (Å²) in [4.78, 5) is 22.4. The second kappa shape index (κ2) is 17.1. The quantitative estimate of drug-likeness (QED) is 0.0401. The first-order valence-electron chi connectivity index (χ1n) is 16.0. The molecule has 0 saturated heterocycles. The van der Waals surface area contributed by atoms with Gasteiger partial charge in [0.15, 0.2) is 21.5 Å². The van der Waals surface area contributed by atoms with Gasteiger partial charge >= 0.3 is 0 Å². The zero-order valence-corrected chi connectivity index (χ0v) is 28.7. The Balaban J connectivity index is 1.53. The van der Waals surface area contributed by atoms with E-state index in [2.05, 4.69) is 20.9 Å². The molecular weight excluding hydrogens is 680 g/mol. The number of hydrogen-bond acceptors (Lipinski definition) is 9. The monoisotopic (exact) mass is 716 g/mol. The third-order valence-corrected chi connectivity index (χ3v) is 10.1. The van der Waals surface area contributed by atoms with Crippen LogP contribution in [0.3, 0.4) is 0 Å². The zero-order valence-electron chi connectivity index (χ0n) is 27.1. The number of hydrazine groups is 1. The first-order valence-corrected chi connectivity index (χ1v) is 18.0. The van der Waals surface area contributed by atoms with Crippen molar-refractivity contribution in [2.24, 2.45) is 10.1 Å². The van der Waals surface area contributed by atoms with Gasteiger partial charge in [-0.15, -0.1) is 0 Å². The summed E-state index contributed by atoms with van der Waals surface area (Å²) in [5, 5.41) is 13.4. The summed E-state index contributed by atoms with van der Waals surface area (Å²) in [6.45, 7) is 0.656. The van der Waals surface area contributed by atoms with Crippen LogP contribution in [0.25, 0.3) is 10.4 Å². The molecule has 260 valence electrons. The molecule has 0 aliphatic carbocycles. The molecule has 50 heavy (non-hydrogen) atoms. The molecule has 14 heteroatoms. The molecule has 0 fully saturated rings. The SMILES string of the molecule is [N-]=[N+]=NCc1ccccc1[C@@H]1OC(c2ccc(OCCCO)cc2)=N[C@]1(CCS(=O)(=O)c1ccccc1)C(=O)NNCCc1cccc(Cl)c1. The van der Waals surface area contributed by atoms with Gasteiger partial charge in [0.2, 0.25) is 5.90 Å². The molecular formula is C36H37ClN6O6S. The number of azide groups is 1. The van der Waals surface area contributed by atoms with Crippen LogP contribution in [0, 0.1) is 0 Å². The second-order valence-corrected chi connectivity index (χ2v) is 14.1. The number of hydrogen-bond donors (Lipinski definition) is 3. The van der Waals surface area contributed by atoms with Crippen molar-refractivity contribution in [1.29, 1.82) is 0 Å². The molecule has 1 amide bonds. The number of nitrogens with one attached hydrogen (secondary N) is 2. The van der Waals surface area contributed by atoms with E-state index in [0.717, 1.165) is 5.56 Å². The first-order chi connectivity index (χ1) is 24.3. The molecule has 3 N–H and O–H groups in total. The highest BCUT2D eigenvalue weighted by molar-refractivity contribution is 7.91. The number of amides is 1. The van der Waals surface area contributed by atoms with Crippen LogP contribution in [0.5, 0.6) is 5.75 Å². The van der Waals surface area contributed by atoms with E-state index < -0.39 is 33.1 Å². The molecule has 4 aromatic carbocycles. The highest BCUT2D eigenvalue weighted by Gasteiger charge is 2.54. The van der Waals surface area contributed by atoms with Crippen molar-refractivity contribution in [3.63, 3.8) is 0 Å². The topological polar surface area (TPSA) is 175 Å². The lowest BCUT2D eigenvalue weighted by atomic mass is 9.83. The standard InChI is InChI=1S/C36H37ClN6O6S/c37-29-10-6-8-26(24-29)18-20-39-42-35(45)36(19-23-50(46,47)31-11-2-1-3-12-31)33(32-13-5-4-9-28(32)25-40-43-38)49-34(41-36)27-14-16-30(17-15-27)48-22-7-21-44/h1-6,8-17,24,33,39,44H,7,18-23,25H2,(H,42,45)/t33-,36-/m0/s1. The van der Waals surface area contributed by atoms with Crippen LogP contribution < -0.4 is 15.6 Å². The fraction of sp³-hybridized carbons (Fsp3) is 0.278. The molecule has 0 bridgehead atoms. The Morgan fingerprint density at radius 2 is 1.80 bits per heavy atom. The fourth-order valence-corrected chi connectivity index (χ4v) is 7.18. The van der Waals surface area contributed by atoms with Crippen molar-refractivity contribution in [3.05, 3.63) is 141 Å². The summed E-state index contributed by atoms with van der Waals surface area (Å²) in [6.07, 6.45) is -0.306. The van der Waals surface area contributed by atoms with E-state index in [-0.39, 0.29) is 30.4 Å². The van der Waals surface area contributed by atoms with Gasteiger partial charge in [-0.05, 0) is 77.2 Å². The summed E-state index contributed by atoms with van der Waals surface area (Å²) in [6, 6.07) is 29.4. The minimum Gasteiger partial charge on any atom is -0.494 e. The Labute approximate surface area is 295 Å². The maximum absolute atomic E-state index is 14.5. The van der Waals surface area contributed by atoms with Crippen molar-refractivity contribution in [2.75, 3.05) is 25.5 Å². The molecule has 4 aromatic rings. The molecule has 12 nitrogen and oxygen atoms in total. The predicted molar refractivity (Wildman–Crippen MR) is 190 cm³/mol. The lowest BCUT2D eigenvalue weighted by Crippen LogP contribution is -2.53. The van der Waals surface area contributed by atoms with Crippen molar-refractivity contribution >= 4 is 33.2 Å². The van der Waals surface area contributed by atoms with Crippen LogP contribution in [0.4, 0.5) is 0 Å². The largest absolute Gasteiger partial charge is 0.494 e. The third-order valence-electron chi connectivity index (χ3n) is 8.16.